The number of ether oxygens (including phenoxy) is 2. The third-order valence-corrected chi connectivity index (χ3v) is 4.35. The van der Waals surface area contributed by atoms with Crippen molar-refractivity contribution in [3.63, 3.8) is 0 Å². The zero-order valence-corrected chi connectivity index (χ0v) is 11.7. The molecule has 2 N–H and O–H groups in total. The number of hydrogen-bond donors (Lipinski definition) is 1. The quantitative estimate of drug-likeness (QED) is 0.474. The summed E-state index contributed by atoms with van der Waals surface area (Å²) < 4.78 is 33.4. The number of rotatable bonds is 6. The van der Waals surface area contributed by atoms with Gasteiger partial charge in [-0.2, -0.15) is 0 Å². The van der Waals surface area contributed by atoms with E-state index < -0.39 is 15.8 Å². The molecule has 0 saturated carbocycles. The predicted molar refractivity (Wildman–Crippen MR) is 70.7 cm³/mol. The van der Waals surface area contributed by atoms with Gasteiger partial charge in [0.2, 0.25) is 0 Å². The maximum atomic E-state index is 12.0. The molecular weight excluding hydrogens is 270 g/mol. The lowest BCUT2D eigenvalue weighted by Gasteiger charge is -2.08. The van der Waals surface area contributed by atoms with Crippen LogP contribution in [0.15, 0.2) is 23.1 Å². The van der Waals surface area contributed by atoms with E-state index in [4.69, 9.17) is 10.5 Å². The standard InChI is InChI=1S/C12H17NO5S/c1-17-6-3-7-19(15,16)9-4-5-11(13)10(8-9)12(14)18-2/h4-5,8H,3,6-7,13H2,1-2H3. The minimum atomic E-state index is -3.46. The molecule has 0 radical (unpaired) electrons. The minimum Gasteiger partial charge on any atom is -0.465 e. The molecule has 0 fully saturated rings. The number of benzene rings is 1. The van der Waals surface area contributed by atoms with Gasteiger partial charge in [0, 0.05) is 19.4 Å². The normalized spacial score (nSPS) is 11.3. The molecule has 1 aromatic rings. The van der Waals surface area contributed by atoms with Gasteiger partial charge in [0.05, 0.1) is 23.3 Å². The summed E-state index contributed by atoms with van der Waals surface area (Å²) in [5, 5.41) is 0. The number of sulfone groups is 1. The number of esters is 1. The fourth-order valence-electron chi connectivity index (χ4n) is 1.53. The number of hydrogen-bond acceptors (Lipinski definition) is 6. The molecule has 0 spiro atoms. The third kappa shape index (κ3) is 3.93. The Kier molecular flexibility index (Phi) is 5.31. The molecule has 6 nitrogen and oxygen atoms in total. The number of carbonyl (C=O) groups is 1. The van der Waals surface area contributed by atoms with Crippen LogP contribution in [0, 0.1) is 0 Å². The second-order valence-corrected chi connectivity index (χ2v) is 6.02. The van der Waals surface area contributed by atoms with E-state index in [-0.39, 0.29) is 21.9 Å². The molecule has 0 aliphatic rings. The van der Waals surface area contributed by atoms with E-state index in [1.54, 1.807) is 0 Å². The molecule has 0 saturated heterocycles. The Hall–Kier alpha value is -1.60. The molecule has 0 heterocycles. The van der Waals surface area contributed by atoms with Crippen LogP contribution in [0.25, 0.3) is 0 Å². The van der Waals surface area contributed by atoms with E-state index in [0.717, 1.165) is 0 Å². The van der Waals surface area contributed by atoms with Crippen LogP contribution in [-0.2, 0) is 19.3 Å². The third-order valence-electron chi connectivity index (χ3n) is 2.55. The Morgan fingerprint density at radius 2 is 2.00 bits per heavy atom. The second kappa shape index (κ2) is 6.53. The lowest BCUT2D eigenvalue weighted by Crippen LogP contribution is -2.12. The maximum Gasteiger partial charge on any atom is 0.339 e. The number of anilines is 1. The van der Waals surface area contributed by atoms with Crippen molar-refractivity contribution in [2.45, 2.75) is 11.3 Å². The highest BCUT2D eigenvalue weighted by Crippen LogP contribution is 2.20. The van der Waals surface area contributed by atoms with Crippen LogP contribution in [0.2, 0.25) is 0 Å². The summed E-state index contributed by atoms with van der Waals surface area (Å²) in [7, 11) is -0.742. The van der Waals surface area contributed by atoms with Gasteiger partial charge in [-0.3, -0.25) is 0 Å². The van der Waals surface area contributed by atoms with Crippen molar-refractivity contribution in [1.82, 2.24) is 0 Å². The van der Waals surface area contributed by atoms with E-state index in [2.05, 4.69) is 4.74 Å². The molecule has 19 heavy (non-hydrogen) atoms. The van der Waals surface area contributed by atoms with E-state index in [1.165, 1.54) is 32.4 Å². The van der Waals surface area contributed by atoms with Gasteiger partial charge in [0.15, 0.2) is 9.84 Å². The van der Waals surface area contributed by atoms with Crippen LogP contribution in [0.1, 0.15) is 16.8 Å². The molecule has 0 aliphatic heterocycles. The summed E-state index contributed by atoms with van der Waals surface area (Å²) in [4.78, 5) is 11.5. The first kappa shape index (κ1) is 15.5. The Balaban J connectivity index is 3.04. The molecular formula is C12H17NO5S. The highest BCUT2D eigenvalue weighted by atomic mass is 32.2. The molecule has 106 valence electrons. The fraction of sp³-hybridized carbons (Fsp3) is 0.417. The molecule has 0 unspecified atom stereocenters. The Morgan fingerprint density at radius 1 is 1.32 bits per heavy atom. The maximum absolute atomic E-state index is 12.0. The van der Waals surface area contributed by atoms with Gasteiger partial charge < -0.3 is 15.2 Å². The van der Waals surface area contributed by atoms with Gasteiger partial charge in [-0.15, -0.1) is 0 Å². The van der Waals surface area contributed by atoms with Crippen LogP contribution in [0.3, 0.4) is 0 Å². The van der Waals surface area contributed by atoms with Crippen molar-refractivity contribution >= 4 is 21.5 Å². The Morgan fingerprint density at radius 3 is 2.58 bits per heavy atom. The molecule has 7 heteroatoms. The zero-order chi connectivity index (χ0) is 14.5. The second-order valence-electron chi connectivity index (χ2n) is 3.91. The molecule has 1 aromatic carbocycles. The summed E-state index contributed by atoms with van der Waals surface area (Å²) in [6, 6.07) is 4.00. The van der Waals surface area contributed by atoms with Crippen molar-refractivity contribution in [3.05, 3.63) is 23.8 Å². The van der Waals surface area contributed by atoms with Crippen LogP contribution in [0.5, 0.6) is 0 Å². The minimum absolute atomic E-state index is 0.0502. The van der Waals surface area contributed by atoms with Crippen molar-refractivity contribution in [2.24, 2.45) is 0 Å². The summed E-state index contributed by atoms with van der Waals surface area (Å²) in [6.45, 7) is 0.359. The number of carbonyl (C=O) groups excluding carboxylic acids is 1. The lowest BCUT2D eigenvalue weighted by molar-refractivity contribution is 0.0601. The molecule has 0 atom stereocenters. The fourth-order valence-corrected chi connectivity index (χ4v) is 2.83. The van der Waals surface area contributed by atoms with E-state index in [1.807, 2.05) is 0 Å². The topological polar surface area (TPSA) is 95.7 Å². The van der Waals surface area contributed by atoms with Crippen molar-refractivity contribution < 1.29 is 22.7 Å². The first-order chi connectivity index (χ1) is 8.92. The van der Waals surface area contributed by atoms with Crippen molar-refractivity contribution in [1.29, 1.82) is 0 Å². The van der Waals surface area contributed by atoms with E-state index >= 15 is 0 Å². The first-order valence-electron chi connectivity index (χ1n) is 5.62. The van der Waals surface area contributed by atoms with Crippen LogP contribution >= 0.6 is 0 Å². The monoisotopic (exact) mass is 287 g/mol. The molecule has 0 aromatic heterocycles. The first-order valence-corrected chi connectivity index (χ1v) is 7.27. The summed E-state index contributed by atoms with van der Waals surface area (Å²) >= 11 is 0. The van der Waals surface area contributed by atoms with Crippen molar-refractivity contribution in [3.8, 4) is 0 Å². The van der Waals surface area contributed by atoms with Crippen LogP contribution in [-0.4, -0.2) is 41.0 Å². The average Bonchev–Trinajstić information content (AvgIpc) is 2.38. The summed E-state index contributed by atoms with van der Waals surface area (Å²) in [5.41, 5.74) is 5.85. The highest BCUT2D eigenvalue weighted by molar-refractivity contribution is 7.91. The van der Waals surface area contributed by atoms with Crippen LogP contribution in [0.4, 0.5) is 5.69 Å². The van der Waals surface area contributed by atoms with Gasteiger partial charge in [-0.05, 0) is 24.6 Å². The Bertz CT molecular complexity index is 553. The van der Waals surface area contributed by atoms with E-state index in [9.17, 15) is 13.2 Å². The van der Waals surface area contributed by atoms with E-state index in [0.29, 0.717) is 13.0 Å². The van der Waals surface area contributed by atoms with Gasteiger partial charge >= 0.3 is 5.97 Å². The molecule has 0 amide bonds. The molecule has 1 rings (SSSR count). The molecule has 0 aliphatic carbocycles. The summed E-state index contributed by atoms with van der Waals surface area (Å²) in [5.74, 6) is -0.711. The zero-order valence-electron chi connectivity index (χ0n) is 10.9. The smallest absolute Gasteiger partial charge is 0.339 e. The average molecular weight is 287 g/mol. The SMILES string of the molecule is COCCCS(=O)(=O)c1ccc(N)c(C(=O)OC)c1. The van der Waals surface area contributed by atoms with Crippen molar-refractivity contribution in [2.75, 3.05) is 32.3 Å². The van der Waals surface area contributed by atoms with Gasteiger partial charge in [0.1, 0.15) is 0 Å². The highest BCUT2D eigenvalue weighted by Gasteiger charge is 2.18. The molecule has 0 bridgehead atoms. The number of nitrogens with two attached hydrogens (primary N) is 1. The largest absolute Gasteiger partial charge is 0.465 e. The van der Waals surface area contributed by atoms with Crippen LogP contribution < -0.4 is 5.73 Å². The Labute approximate surface area is 112 Å². The number of nitrogen functional groups attached to an aromatic ring is 1. The number of methoxy groups -OCH3 is 2. The summed E-state index contributed by atoms with van der Waals surface area (Å²) in [6.07, 6.45) is 0.386. The van der Waals surface area contributed by atoms with Gasteiger partial charge in [-0.25, -0.2) is 13.2 Å². The lowest BCUT2D eigenvalue weighted by atomic mass is 10.2. The van der Waals surface area contributed by atoms with Gasteiger partial charge in [-0.1, -0.05) is 0 Å². The predicted octanol–water partition coefficient (Wildman–Crippen LogP) is 0.866. The van der Waals surface area contributed by atoms with Gasteiger partial charge in [0.25, 0.3) is 0 Å².